The van der Waals surface area contributed by atoms with Gasteiger partial charge < -0.3 is 23.5 Å². The summed E-state index contributed by atoms with van der Waals surface area (Å²) >= 11 is 0. The van der Waals surface area contributed by atoms with Crippen molar-refractivity contribution >= 4 is 135 Å². The van der Waals surface area contributed by atoms with Gasteiger partial charge in [-0.2, -0.15) is 0 Å². The van der Waals surface area contributed by atoms with E-state index >= 15 is 0 Å². The number of furan rings is 2. The lowest BCUT2D eigenvalue weighted by atomic mass is 9.33. The Morgan fingerprint density at radius 2 is 1.04 bits per heavy atom. The minimum absolute atomic E-state index is 0.0184. The summed E-state index contributed by atoms with van der Waals surface area (Å²) in [6.07, 6.45) is 6.59. The highest BCUT2D eigenvalue weighted by Crippen LogP contribution is 2.51. The van der Waals surface area contributed by atoms with Crippen LogP contribution in [0.3, 0.4) is 0 Å². The summed E-state index contributed by atoms with van der Waals surface area (Å²) in [7, 11) is 0. The minimum Gasteiger partial charge on any atom is -0.456 e. The van der Waals surface area contributed by atoms with E-state index in [0.29, 0.717) is 0 Å². The van der Waals surface area contributed by atoms with E-state index < -0.39 is 0 Å². The number of anilines is 9. The molecule has 448 valence electrons. The van der Waals surface area contributed by atoms with Crippen molar-refractivity contribution in [3.05, 3.63) is 272 Å². The average Bonchev–Trinajstić information content (AvgIpc) is 1.30. The Bertz CT molecular complexity index is 5050. The topological polar surface area (TPSA) is 36.0 Å². The summed E-state index contributed by atoms with van der Waals surface area (Å²) in [5.41, 5.74) is 25.6. The molecule has 0 bridgehead atoms. The van der Waals surface area contributed by atoms with E-state index in [2.05, 4.69) is 322 Å². The number of benzene rings is 11. The van der Waals surface area contributed by atoms with Crippen LogP contribution in [0.1, 0.15) is 105 Å². The van der Waals surface area contributed by atoms with E-state index in [9.17, 15) is 0 Å². The number of rotatable bonds is 9. The van der Waals surface area contributed by atoms with E-state index in [1.807, 2.05) is 6.07 Å². The van der Waals surface area contributed by atoms with Crippen molar-refractivity contribution in [2.45, 2.75) is 98.8 Å². The van der Waals surface area contributed by atoms with Crippen molar-refractivity contribution in [2.75, 3.05) is 14.7 Å². The van der Waals surface area contributed by atoms with Crippen molar-refractivity contribution in [3.63, 3.8) is 0 Å². The zero-order valence-electron chi connectivity index (χ0n) is 54.4. The summed E-state index contributed by atoms with van der Waals surface area (Å²) in [5, 5.41) is 6.93. The largest absolute Gasteiger partial charge is 0.456 e. The molecule has 0 saturated heterocycles. The van der Waals surface area contributed by atoms with Gasteiger partial charge in [0.05, 0.1) is 5.69 Å². The molecular formula is C85H78BN3O2. The third-order valence-electron chi connectivity index (χ3n) is 18.7. The smallest absolute Gasteiger partial charge is 0.252 e. The minimum atomic E-state index is -0.221. The van der Waals surface area contributed by atoms with Gasteiger partial charge >= 0.3 is 0 Å². The van der Waals surface area contributed by atoms with Gasteiger partial charge in [-0.15, -0.1) is 0 Å². The van der Waals surface area contributed by atoms with Crippen LogP contribution in [-0.4, -0.2) is 6.71 Å². The number of allylic oxidation sites excluding steroid dienone is 4. The van der Waals surface area contributed by atoms with Gasteiger partial charge in [0.15, 0.2) is 0 Å². The first-order valence-corrected chi connectivity index (χ1v) is 32.1. The maximum absolute atomic E-state index is 6.70. The maximum atomic E-state index is 6.70. The molecule has 0 spiro atoms. The quantitative estimate of drug-likeness (QED) is 0.106. The van der Waals surface area contributed by atoms with E-state index in [1.165, 1.54) is 66.4 Å². The zero-order chi connectivity index (χ0) is 63.3. The van der Waals surface area contributed by atoms with Gasteiger partial charge in [-0.05, 0) is 170 Å². The zero-order valence-corrected chi connectivity index (χ0v) is 54.4. The number of fused-ring (bicyclic) bond motifs is 11. The van der Waals surface area contributed by atoms with Crippen LogP contribution in [0.25, 0.3) is 71.3 Å². The highest BCUT2D eigenvalue weighted by atomic mass is 16.3. The lowest BCUT2D eigenvalue weighted by molar-refractivity contribution is 0.590. The summed E-state index contributed by atoms with van der Waals surface area (Å²) < 4.78 is 13.4. The summed E-state index contributed by atoms with van der Waals surface area (Å²) in [5.74, 6) is 0. The molecule has 2 aliphatic rings. The standard InChI is InChI=1S/C81H72BN3O2.C4H6/c1-12-20-50(2)76-60-22-14-13-21-51(60)31-43-69(76)83(56-37-32-53(33-38-56)79(3,4)5)58-40-42-66-70(48-58)84(57-35-29-52(30-36-57)61-25-19-26-65-63-24-16-18-28-74(63)87-78(61)65)71-46-55(81(9,10)11)47-72-77(71)82(66)67-45-54(80(6,7)8)34-44-68(67)85(72)59-39-41-64-62-23-15-17-27-73(62)86-75(64)49-59;1-3-4-2/h13-49H,12H2,1-11H3;3-4H,1-2H2/b50-20+;. The molecule has 2 aliphatic heterocycles. The molecule has 13 aromatic rings. The fraction of sp³-hybridized carbons (Fsp3) is 0.176. The van der Waals surface area contributed by atoms with E-state index in [1.54, 1.807) is 12.2 Å². The summed E-state index contributed by atoms with van der Waals surface area (Å²) in [4.78, 5) is 7.63. The Morgan fingerprint density at radius 3 is 1.71 bits per heavy atom. The summed E-state index contributed by atoms with van der Waals surface area (Å²) in [6, 6.07) is 81.8. The Morgan fingerprint density at radius 1 is 0.462 bits per heavy atom. The van der Waals surface area contributed by atoms with Gasteiger partial charge in [0.1, 0.15) is 22.3 Å². The molecule has 0 saturated carbocycles. The van der Waals surface area contributed by atoms with Gasteiger partial charge in [0.2, 0.25) is 0 Å². The molecule has 0 aliphatic carbocycles. The number of nitrogens with zero attached hydrogens (tertiary/aromatic N) is 3. The molecule has 0 amide bonds. The molecule has 11 aromatic carbocycles. The number of para-hydroxylation sites is 3. The molecular weight excluding hydrogens is 1110 g/mol. The first-order chi connectivity index (χ1) is 43.8. The van der Waals surface area contributed by atoms with Crippen molar-refractivity contribution in [1.29, 1.82) is 0 Å². The van der Waals surface area contributed by atoms with Gasteiger partial charge in [0.25, 0.3) is 6.71 Å². The van der Waals surface area contributed by atoms with Crippen LogP contribution < -0.4 is 31.1 Å². The maximum Gasteiger partial charge on any atom is 0.252 e. The fourth-order valence-corrected chi connectivity index (χ4v) is 14.0. The molecule has 0 unspecified atom stereocenters. The van der Waals surface area contributed by atoms with Gasteiger partial charge in [-0.1, -0.05) is 228 Å². The van der Waals surface area contributed by atoms with E-state index in [4.69, 9.17) is 8.83 Å². The predicted molar refractivity (Wildman–Crippen MR) is 393 cm³/mol. The first-order valence-electron chi connectivity index (χ1n) is 32.1. The Balaban J connectivity index is 0.00000175. The molecule has 2 aromatic heterocycles. The number of hydrogen-bond acceptors (Lipinski definition) is 5. The van der Waals surface area contributed by atoms with E-state index in [0.717, 1.165) is 101 Å². The van der Waals surface area contributed by atoms with Crippen LogP contribution in [0.15, 0.2) is 259 Å². The molecule has 91 heavy (non-hydrogen) atoms. The Kier molecular flexibility index (Phi) is 14.5. The predicted octanol–water partition coefficient (Wildman–Crippen LogP) is 22.9. The van der Waals surface area contributed by atoms with Crippen molar-refractivity contribution in [2.24, 2.45) is 0 Å². The van der Waals surface area contributed by atoms with Crippen molar-refractivity contribution < 1.29 is 8.83 Å². The highest BCUT2D eigenvalue weighted by Gasteiger charge is 2.45. The van der Waals surface area contributed by atoms with Crippen molar-refractivity contribution in [1.82, 2.24) is 0 Å². The molecule has 0 atom stereocenters. The van der Waals surface area contributed by atoms with E-state index in [-0.39, 0.29) is 23.0 Å². The van der Waals surface area contributed by atoms with Gasteiger partial charge in [0, 0.05) is 84.2 Å². The monoisotopic (exact) mass is 1180 g/mol. The van der Waals surface area contributed by atoms with Crippen molar-refractivity contribution in [3.8, 4) is 11.1 Å². The van der Waals surface area contributed by atoms with Gasteiger partial charge in [-0.3, -0.25) is 0 Å². The third-order valence-corrected chi connectivity index (χ3v) is 18.7. The SMILES string of the molecule is C=CC=C.CC/C=C(\C)c1c(N(c2ccc(C(C)(C)C)cc2)c2ccc3c(c2)N(c2ccc(-c4cccc5c4oc4ccccc45)cc2)c2cc(C(C)(C)C)cc4c2B3c2cc(C(C)(C)C)ccc2N4c2ccc3c(c2)oc2ccccc23)ccc2ccccc12. The lowest BCUT2D eigenvalue weighted by Gasteiger charge is -2.45. The molecule has 15 rings (SSSR count). The lowest BCUT2D eigenvalue weighted by Crippen LogP contribution is -2.61. The number of hydrogen-bond donors (Lipinski definition) is 0. The Labute approximate surface area is 537 Å². The molecule has 0 fully saturated rings. The van der Waals surface area contributed by atoms with Crippen LogP contribution in [0.4, 0.5) is 51.2 Å². The second kappa shape index (κ2) is 22.5. The summed E-state index contributed by atoms with van der Waals surface area (Å²) in [6.45, 7) is 32.1. The average molecular weight is 1180 g/mol. The van der Waals surface area contributed by atoms with Gasteiger partial charge in [-0.25, -0.2) is 0 Å². The normalized spacial score (nSPS) is 13.1. The van der Waals surface area contributed by atoms with Crippen LogP contribution in [0.5, 0.6) is 0 Å². The second-order valence-electron chi connectivity index (χ2n) is 27.7. The fourth-order valence-electron chi connectivity index (χ4n) is 14.0. The van der Waals surface area contributed by atoms with Crippen LogP contribution in [0.2, 0.25) is 0 Å². The molecule has 5 nitrogen and oxygen atoms in total. The molecule has 0 radical (unpaired) electrons. The second-order valence-corrected chi connectivity index (χ2v) is 27.7. The molecule has 6 heteroatoms. The molecule has 4 heterocycles. The Hall–Kier alpha value is -10.0. The van der Waals surface area contributed by atoms with Crippen LogP contribution in [0, 0.1) is 0 Å². The third kappa shape index (κ3) is 10.1. The van der Waals surface area contributed by atoms with Crippen LogP contribution >= 0.6 is 0 Å². The van der Waals surface area contributed by atoms with Crippen LogP contribution in [-0.2, 0) is 16.2 Å². The highest BCUT2D eigenvalue weighted by molar-refractivity contribution is 7.00. The first kappa shape index (κ1) is 58.6. The molecule has 0 N–H and O–H groups in total.